The summed E-state index contributed by atoms with van der Waals surface area (Å²) in [7, 11) is 2.05. The first-order valence-corrected chi connectivity index (χ1v) is 10.1. The predicted octanol–water partition coefficient (Wildman–Crippen LogP) is 2.37. The molecule has 0 aliphatic carbocycles. The lowest BCUT2D eigenvalue weighted by Gasteiger charge is -2.32. The molecular formula is C23H24N6O2. The summed E-state index contributed by atoms with van der Waals surface area (Å²) in [6.07, 6.45) is 1.51. The molecule has 2 heterocycles. The largest absolute Gasteiger partial charge is 0.382 e. The number of amides is 2. The van der Waals surface area contributed by atoms with Crippen molar-refractivity contribution in [3.8, 4) is 11.3 Å². The minimum atomic E-state index is -0.442. The summed E-state index contributed by atoms with van der Waals surface area (Å²) < 4.78 is 0. The first-order chi connectivity index (χ1) is 15.0. The summed E-state index contributed by atoms with van der Waals surface area (Å²) in [4.78, 5) is 38.2. The summed E-state index contributed by atoms with van der Waals surface area (Å²) in [5, 5.41) is 2.77. The molecule has 8 heteroatoms. The van der Waals surface area contributed by atoms with Crippen molar-refractivity contribution in [3.05, 3.63) is 72.1 Å². The zero-order valence-electron chi connectivity index (χ0n) is 17.3. The number of para-hydroxylation sites is 1. The lowest BCUT2D eigenvalue weighted by Crippen LogP contribution is -2.47. The molecule has 4 rings (SSSR count). The fourth-order valence-corrected chi connectivity index (χ4v) is 3.42. The molecule has 8 nitrogen and oxygen atoms in total. The van der Waals surface area contributed by atoms with Crippen molar-refractivity contribution in [2.75, 3.05) is 44.3 Å². The highest BCUT2D eigenvalue weighted by molar-refractivity contribution is 6.06. The number of anilines is 2. The number of nitrogen functional groups attached to an aromatic ring is 1. The number of benzene rings is 2. The molecule has 1 aliphatic heterocycles. The van der Waals surface area contributed by atoms with E-state index in [0.29, 0.717) is 35.6 Å². The Kier molecular flexibility index (Phi) is 5.90. The number of carbonyl (C=O) groups excluding carboxylic acids is 2. The number of nitrogens with zero attached hydrogens (tertiary/aromatic N) is 4. The molecule has 1 saturated heterocycles. The van der Waals surface area contributed by atoms with E-state index >= 15 is 0 Å². The van der Waals surface area contributed by atoms with Crippen LogP contribution in [0.5, 0.6) is 0 Å². The van der Waals surface area contributed by atoms with Crippen LogP contribution in [0.25, 0.3) is 11.3 Å². The van der Waals surface area contributed by atoms with Crippen LogP contribution in [0.3, 0.4) is 0 Å². The van der Waals surface area contributed by atoms with Gasteiger partial charge in [0.2, 0.25) is 0 Å². The smallest absolute Gasteiger partial charge is 0.278 e. The van der Waals surface area contributed by atoms with Crippen molar-refractivity contribution in [2.45, 2.75) is 0 Å². The summed E-state index contributed by atoms with van der Waals surface area (Å²) in [6.45, 7) is 3.11. The van der Waals surface area contributed by atoms with E-state index in [1.807, 2.05) is 36.2 Å². The SMILES string of the molecule is CN1CCN(C(=O)c2cccc(-c3cnc(N)c(C(=O)Nc4ccccc4)n3)c2)CC1. The number of hydrogen-bond acceptors (Lipinski definition) is 6. The van der Waals surface area contributed by atoms with E-state index in [2.05, 4.69) is 20.2 Å². The van der Waals surface area contributed by atoms with Gasteiger partial charge in [-0.25, -0.2) is 9.97 Å². The summed E-state index contributed by atoms with van der Waals surface area (Å²) >= 11 is 0. The van der Waals surface area contributed by atoms with Gasteiger partial charge < -0.3 is 20.9 Å². The van der Waals surface area contributed by atoms with Crippen molar-refractivity contribution in [1.29, 1.82) is 0 Å². The van der Waals surface area contributed by atoms with E-state index in [4.69, 9.17) is 5.73 Å². The lowest BCUT2D eigenvalue weighted by molar-refractivity contribution is 0.0664. The quantitative estimate of drug-likeness (QED) is 0.677. The van der Waals surface area contributed by atoms with Gasteiger partial charge in [0.1, 0.15) is 0 Å². The Morgan fingerprint density at radius 1 is 1.00 bits per heavy atom. The van der Waals surface area contributed by atoms with E-state index in [0.717, 1.165) is 13.1 Å². The Bertz CT molecular complexity index is 1090. The maximum atomic E-state index is 12.9. The molecule has 2 amide bonds. The van der Waals surface area contributed by atoms with Gasteiger partial charge in [-0.3, -0.25) is 9.59 Å². The number of likely N-dealkylation sites (N-methyl/N-ethyl adjacent to an activating group) is 1. The van der Waals surface area contributed by atoms with E-state index in [1.165, 1.54) is 6.20 Å². The Morgan fingerprint density at radius 3 is 2.48 bits per heavy atom. The molecule has 0 saturated carbocycles. The molecule has 0 spiro atoms. The number of carbonyl (C=O) groups is 2. The number of aromatic nitrogens is 2. The van der Waals surface area contributed by atoms with Gasteiger partial charge in [0.05, 0.1) is 11.9 Å². The second-order valence-corrected chi connectivity index (χ2v) is 7.49. The van der Waals surface area contributed by atoms with Gasteiger partial charge in [-0.15, -0.1) is 0 Å². The van der Waals surface area contributed by atoms with E-state index < -0.39 is 5.91 Å². The fourth-order valence-electron chi connectivity index (χ4n) is 3.42. The third-order valence-corrected chi connectivity index (χ3v) is 5.24. The Hall–Kier alpha value is -3.78. The van der Waals surface area contributed by atoms with Crippen molar-refractivity contribution >= 4 is 23.3 Å². The third-order valence-electron chi connectivity index (χ3n) is 5.24. The number of hydrogen-bond donors (Lipinski definition) is 2. The first kappa shape index (κ1) is 20.5. The minimum absolute atomic E-state index is 0.0135. The minimum Gasteiger partial charge on any atom is -0.382 e. The molecule has 1 aliphatic rings. The topological polar surface area (TPSA) is 104 Å². The first-order valence-electron chi connectivity index (χ1n) is 10.1. The second-order valence-electron chi connectivity index (χ2n) is 7.49. The van der Waals surface area contributed by atoms with Crippen LogP contribution in [0, 0.1) is 0 Å². The number of piperazine rings is 1. The summed E-state index contributed by atoms with van der Waals surface area (Å²) in [5.74, 6) is -0.412. The molecule has 1 fully saturated rings. The molecule has 2 aromatic carbocycles. The molecule has 1 aromatic heterocycles. The maximum Gasteiger partial charge on any atom is 0.278 e. The van der Waals surface area contributed by atoms with Gasteiger partial charge in [-0.2, -0.15) is 0 Å². The van der Waals surface area contributed by atoms with Crippen LogP contribution in [0.4, 0.5) is 11.5 Å². The van der Waals surface area contributed by atoms with E-state index in [1.54, 1.807) is 30.3 Å². The molecular weight excluding hydrogens is 392 g/mol. The molecule has 0 atom stereocenters. The van der Waals surface area contributed by atoms with Crippen LogP contribution in [0.15, 0.2) is 60.8 Å². The predicted molar refractivity (Wildman–Crippen MR) is 120 cm³/mol. The third kappa shape index (κ3) is 4.70. The monoisotopic (exact) mass is 416 g/mol. The van der Waals surface area contributed by atoms with Crippen LogP contribution in [0.2, 0.25) is 0 Å². The second kappa shape index (κ2) is 8.93. The van der Waals surface area contributed by atoms with Gasteiger partial charge in [0, 0.05) is 43.0 Å². The Morgan fingerprint density at radius 2 is 1.74 bits per heavy atom. The van der Waals surface area contributed by atoms with Crippen LogP contribution < -0.4 is 11.1 Å². The highest BCUT2D eigenvalue weighted by Gasteiger charge is 2.21. The standard InChI is InChI=1S/C23H24N6O2/c1-28-10-12-29(13-11-28)23(31)17-7-5-6-16(14-17)19-15-25-21(24)20(27-19)22(30)26-18-8-3-2-4-9-18/h2-9,14-15H,10-13H2,1H3,(H2,24,25)(H,26,30). The fraction of sp³-hybridized carbons (Fsp3) is 0.217. The lowest BCUT2D eigenvalue weighted by atomic mass is 10.1. The van der Waals surface area contributed by atoms with Crippen molar-refractivity contribution in [3.63, 3.8) is 0 Å². The molecule has 3 aromatic rings. The van der Waals surface area contributed by atoms with Gasteiger partial charge >= 0.3 is 0 Å². The summed E-state index contributed by atoms with van der Waals surface area (Å²) in [5.41, 5.74) is 8.33. The number of nitrogens with two attached hydrogens (primary N) is 1. The van der Waals surface area contributed by atoms with Gasteiger partial charge in [0.25, 0.3) is 11.8 Å². The Labute approximate surface area is 180 Å². The molecule has 3 N–H and O–H groups in total. The van der Waals surface area contributed by atoms with Crippen LogP contribution in [-0.4, -0.2) is 64.8 Å². The van der Waals surface area contributed by atoms with Crippen molar-refractivity contribution in [2.24, 2.45) is 0 Å². The van der Waals surface area contributed by atoms with Crippen molar-refractivity contribution < 1.29 is 9.59 Å². The van der Waals surface area contributed by atoms with E-state index in [9.17, 15) is 9.59 Å². The molecule has 158 valence electrons. The average Bonchev–Trinajstić information content (AvgIpc) is 2.80. The Balaban J connectivity index is 1.57. The molecule has 31 heavy (non-hydrogen) atoms. The number of nitrogens with one attached hydrogen (secondary N) is 1. The van der Waals surface area contributed by atoms with E-state index in [-0.39, 0.29) is 17.4 Å². The normalized spacial score (nSPS) is 14.3. The van der Waals surface area contributed by atoms with Gasteiger partial charge in [-0.05, 0) is 31.3 Å². The van der Waals surface area contributed by atoms with Crippen LogP contribution >= 0.6 is 0 Å². The van der Waals surface area contributed by atoms with Crippen LogP contribution in [-0.2, 0) is 0 Å². The highest BCUT2D eigenvalue weighted by Crippen LogP contribution is 2.21. The van der Waals surface area contributed by atoms with Gasteiger partial charge in [-0.1, -0.05) is 30.3 Å². The molecule has 0 bridgehead atoms. The molecule has 0 radical (unpaired) electrons. The zero-order valence-corrected chi connectivity index (χ0v) is 17.3. The number of rotatable bonds is 4. The highest BCUT2D eigenvalue weighted by atomic mass is 16.2. The molecule has 0 unspecified atom stereocenters. The summed E-state index contributed by atoms with van der Waals surface area (Å²) in [6, 6.07) is 16.3. The van der Waals surface area contributed by atoms with Crippen LogP contribution in [0.1, 0.15) is 20.8 Å². The van der Waals surface area contributed by atoms with Gasteiger partial charge in [0.15, 0.2) is 11.5 Å². The van der Waals surface area contributed by atoms with Crippen molar-refractivity contribution in [1.82, 2.24) is 19.8 Å². The zero-order chi connectivity index (χ0) is 21.8. The average molecular weight is 416 g/mol. The maximum absolute atomic E-state index is 12.9.